The summed E-state index contributed by atoms with van der Waals surface area (Å²) in [6.45, 7) is 0.850. The Morgan fingerprint density at radius 2 is 2.38 bits per heavy atom. The molecule has 1 aliphatic carbocycles. The maximum absolute atomic E-state index is 12.3. The standard InChI is InChI=1S/C14H15N3O2S2/c18-5-3-14(1-2-14)8-15-11(19)10-7-9-12(21-10)16-13-17(9)4-6-20-13/h4,6-7,18H,1-3,5,8H2,(H,15,19). The van der Waals surface area contributed by atoms with Crippen LogP contribution in [-0.2, 0) is 0 Å². The molecule has 3 heterocycles. The van der Waals surface area contributed by atoms with Crippen LogP contribution in [0, 0.1) is 5.41 Å². The lowest BCUT2D eigenvalue weighted by atomic mass is 10.0. The summed E-state index contributed by atoms with van der Waals surface area (Å²) in [5.74, 6) is -0.0359. The maximum Gasteiger partial charge on any atom is 0.261 e. The number of hydrogen-bond acceptors (Lipinski definition) is 5. The van der Waals surface area contributed by atoms with Crippen molar-refractivity contribution >= 4 is 43.9 Å². The number of nitrogens with one attached hydrogen (secondary N) is 1. The van der Waals surface area contributed by atoms with E-state index in [1.807, 2.05) is 22.0 Å². The summed E-state index contributed by atoms with van der Waals surface area (Å²) >= 11 is 3.03. The zero-order valence-electron chi connectivity index (χ0n) is 11.3. The molecule has 1 fully saturated rings. The fraction of sp³-hybridized carbons (Fsp3) is 0.429. The van der Waals surface area contributed by atoms with Crippen LogP contribution in [0.5, 0.6) is 0 Å². The molecule has 1 saturated carbocycles. The van der Waals surface area contributed by atoms with Gasteiger partial charge in [-0.3, -0.25) is 9.20 Å². The molecule has 0 atom stereocenters. The van der Waals surface area contributed by atoms with Crippen LogP contribution < -0.4 is 5.32 Å². The zero-order chi connectivity index (χ0) is 14.4. The van der Waals surface area contributed by atoms with E-state index in [1.165, 1.54) is 11.3 Å². The molecule has 21 heavy (non-hydrogen) atoms. The second-order valence-corrected chi connectivity index (χ2v) is 7.53. The molecule has 0 aromatic carbocycles. The molecule has 2 N–H and O–H groups in total. The summed E-state index contributed by atoms with van der Waals surface area (Å²) in [7, 11) is 0. The Labute approximate surface area is 129 Å². The van der Waals surface area contributed by atoms with Gasteiger partial charge in [-0.2, -0.15) is 0 Å². The summed E-state index contributed by atoms with van der Waals surface area (Å²) in [5, 5.41) is 14.0. The van der Waals surface area contributed by atoms with E-state index in [2.05, 4.69) is 10.3 Å². The minimum absolute atomic E-state index is 0.0359. The molecule has 4 rings (SSSR count). The van der Waals surface area contributed by atoms with Crippen molar-refractivity contribution in [2.24, 2.45) is 5.41 Å². The molecule has 0 aliphatic heterocycles. The normalized spacial score (nSPS) is 16.6. The van der Waals surface area contributed by atoms with Crippen molar-refractivity contribution in [3.63, 3.8) is 0 Å². The first kappa shape index (κ1) is 13.2. The summed E-state index contributed by atoms with van der Waals surface area (Å²) in [5.41, 5.74) is 1.14. The van der Waals surface area contributed by atoms with Crippen LogP contribution in [0.25, 0.3) is 15.3 Å². The van der Waals surface area contributed by atoms with Gasteiger partial charge in [-0.15, -0.1) is 22.7 Å². The van der Waals surface area contributed by atoms with Crippen molar-refractivity contribution in [3.05, 3.63) is 22.5 Å². The molecule has 1 aliphatic rings. The third-order valence-corrected chi connectivity index (χ3v) is 5.96. The number of amides is 1. The van der Waals surface area contributed by atoms with Crippen LogP contribution in [0.3, 0.4) is 0 Å². The monoisotopic (exact) mass is 321 g/mol. The number of carbonyl (C=O) groups is 1. The molecule has 0 radical (unpaired) electrons. The fourth-order valence-electron chi connectivity index (χ4n) is 2.64. The van der Waals surface area contributed by atoms with Gasteiger partial charge in [-0.25, -0.2) is 4.98 Å². The maximum atomic E-state index is 12.3. The Hall–Kier alpha value is -1.44. The van der Waals surface area contributed by atoms with Gasteiger partial charge in [0.05, 0.1) is 10.4 Å². The lowest BCUT2D eigenvalue weighted by molar-refractivity contribution is 0.0945. The number of rotatable bonds is 5. The van der Waals surface area contributed by atoms with Crippen LogP contribution in [0.4, 0.5) is 0 Å². The first-order valence-electron chi connectivity index (χ1n) is 6.95. The van der Waals surface area contributed by atoms with E-state index in [-0.39, 0.29) is 17.9 Å². The Bertz CT molecular complexity index is 813. The Morgan fingerprint density at radius 3 is 3.14 bits per heavy atom. The van der Waals surface area contributed by atoms with Gasteiger partial charge in [0.1, 0.15) is 4.83 Å². The minimum Gasteiger partial charge on any atom is -0.396 e. The Morgan fingerprint density at radius 1 is 1.52 bits per heavy atom. The fourth-order valence-corrected chi connectivity index (χ4v) is 4.36. The largest absolute Gasteiger partial charge is 0.396 e. The number of carbonyl (C=O) groups excluding carboxylic acids is 1. The van der Waals surface area contributed by atoms with Gasteiger partial charge in [0.15, 0.2) is 4.96 Å². The topological polar surface area (TPSA) is 66.6 Å². The lowest BCUT2D eigenvalue weighted by Gasteiger charge is -2.13. The highest BCUT2D eigenvalue weighted by Gasteiger charge is 2.41. The van der Waals surface area contributed by atoms with Crippen LogP contribution >= 0.6 is 22.7 Å². The number of aliphatic hydroxyl groups excluding tert-OH is 1. The van der Waals surface area contributed by atoms with E-state index < -0.39 is 0 Å². The van der Waals surface area contributed by atoms with E-state index in [9.17, 15) is 4.79 Å². The second kappa shape index (κ2) is 4.79. The number of aliphatic hydroxyl groups is 1. The van der Waals surface area contributed by atoms with Crippen LogP contribution in [0.15, 0.2) is 17.6 Å². The molecule has 7 heteroatoms. The number of hydrogen-bond donors (Lipinski definition) is 2. The molecule has 3 aromatic rings. The van der Waals surface area contributed by atoms with Crippen molar-refractivity contribution < 1.29 is 9.90 Å². The van der Waals surface area contributed by atoms with Crippen LogP contribution in [-0.4, -0.2) is 33.6 Å². The second-order valence-electron chi connectivity index (χ2n) is 5.62. The number of aromatic nitrogens is 2. The van der Waals surface area contributed by atoms with E-state index >= 15 is 0 Å². The van der Waals surface area contributed by atoms with Crippen LogP contribution in [0.1, 0.15) is 28.9 Å². The lowest BCUT2D eigenvalue weighted by Crippen LogP contribution is -2.30. The zero-order valence-corrected chi connectivity index (χ0v) is 13.0. The van der Waals surface area contributed by atoms with Crippen molar-refractivity contribution in [2.45, 2.75) is 19.3 Å². The molecule has 110 valence electrons. The van der Waals surface area contributed by atoms with Crippen LogP contribution in [0.2, 0.25) is 0 Å². The molecular weight excluding hydrogens is 306 g/mol. The van der Waals surface area contributed by atoms with E-state index in [4.69, 9.17) is 5.11 Å². The summed E-state index contributed by atoms with van der Waals surface area (Å²) < 4.78 is 2.02. The van der Waals surface area contributed by atoms with Gasteiger partial charge in [0.25, 0.3) is 5.91 Å². The molecule has 5 nitrogen and oxygen atoms in total. The predicted octanol–water partition coefficient (Wildman–Crippen LogP) is 2.50. The van der Waals surface area contributed by atoms with Gasteiger partial charge in [0, 0.05) is 24.7 Å². The predicted molar refractivity (Wildman–Crippen MR) is 84.2 cm³/mol. The Kier molecular flexibility index (Phi) is 3.02. The first-order valence-corrected chi connectivity index (χ1v) is 8.65. The smallest absolute Gasteiger partial charge is 0.261 e. The number of thiophene rings is 1. The van der Waals surface area contributed by atoms with Crippen molar-refractivity contribution in [3.8, 4) is 0 Å². The third kappa shape index (κ3) is 2.25. The van der Waals surface area contributed by atoms with E-state index in [1.54, 1.807) is 11.3 Å². The van der Waals surface area contributed by atoms with E-state index in [0.717, 1.165) is 34.6 Å². The minimum atomic E-state index is -0.0359. The van der Waals surface area contributed by atoms with Crippen molar-refractivity contribution in [1.29, 1.82) is 0 Å². The SMILES string of the molecule is O=C(NCC1(CCO)CC1)c1cc2c(nc3sccn32)s1. The van der Waals surface area contributed by atoms with E-state index in [0.29, 0.717) is 11.4 Å². The average Bonchev–Trinajstić information content (AvgIpc) is 2.82. The average molecular weight is 321 g/mol. The summed E-state index contributed by atoms with van der Waals surface area (Å²) in [6, 6.07) is 1.91. The highest BCUT2D eigenvalue weighted by Crippen LogP contribution is 2.47. The van der Waals surface area contributed by atoms with Gasteiger partial charge in [0.2, 0.25) is 0 Å². The van der Waals surface area contributed by atoms with Gasteiger partial charge >= 0.3 is 0 Å². The van der Waals surface area contributed by atoms with Gasteiger partial charge < -0.3 is 10.4 Å². The quantitative estimate of drug-likeness (QED) is 0.759. The first-order chi connectivity index (χ1) is 10.2. The number of nitrogens with zero attached hydrogens (tertiary/aromatic N) is 2. The van der Waals surface area contributed by atoms with Gasteiger partial charge in [-0.05, 0) is 30.7 Å². The summed E-state index contributed by atoms with van der Waals surface area (Å²) in [4.78, 5) is 19.4. The number of fused-ring (bicyclic) bond motifs is 3. The molecule has 0 saturated heterocycles. The van der Waals surface area contributed by atoms with Crippen molar-refractivity contribution in [2.75, 3.05) is 13.2 Å². The highest BCUT2D eigenvalue weighted by atomic mass is 32.1. The van der Waals surface area contributed by atoms with Crippen molar-refractivity contribution in [1.82, 2.24) is 14.7 Å². The summed E-state index contributed by atoms with van der Waals surface area (Å²) in [6.07, 6.45) is 4.94. The molecule has 3 aromatic heterocycles. The molecule has 0 unspecified atom stereocenters. The Balaban J connectivity index is 1.52. The number of thiazole rings is 1. The molecule has 1 amide bonds. The number of imidazole rings is 1. The molecule has 0 bridgehead atoms. The molecular formula is C14H15N3O2S2. The highest BCUT2D eigenvalue weighted by molar-refractivity contribution is 7.21. The van der Waals surface area contributed by atoms with Gasteiger partial charge in [-0.1, -0.05) is 0 Å². The third-order valence-electron chi connectivity index (χ3n) is 4.19. The molecule has 0 spiro atoms.